The predicted molar refractivity (Wildman–Crippen MR) is 87.5 cm³/mol. The maximum absolute atomic E-state index is 13.9. The summed E-state index contributed by atoms with van der Waals surface area (Å²) in [6, 6.07) is 13.5. The molecule has 2 aromatic rings. The number of likely N-dealkylation sites (N-methyl/N-ethyl adjacent to an activating group) is 1. The standard InChI is InChI=1S/C18H21ClFN/c1-3-21-15(11-14-7-4-6-13(2)10-14)12-16-17(19)8-5-9-18(16)20/h4-10,15,21H,3,11-12H2,1-2H3. The summed E-state index contributed by atoms with van der Waals surface area (Å²) in [5.41, 5.74) is 3.10. The Kier molecular flexibility index (Phi) is 5.77. The van der Waals surface area contributed by atoms with Gasteiger partial charge in [0.05, 0.1) is 0 Å². The van der Waals surface area contributed by atoms with Crippen LogP contribution in [0.4, 0.5) is 4.39 Å². The van der Waals surface area contributed by atoms with E-state index in [1.807, 2.05) is 0 Å². The zero-order valence-corrected chi connectivity index (χ0v) is 13.3. The molecule has 0 aliphatic carbocycles. The molecule has 0 bridgehead atoms. The molecule has 1 nitrogen and oxygen atoms in total. The Labute approximate surface area is 131 Å². The van der Waals surface area contributed by atoms with Gasteiger partial charge in [-0.3, -0.25) is 0 Å². The Balaban J connectivity index is 2.16. The molecule has 0 aliphatic heterocycles. The Morgan fingerprint density at radius 3 is 2.57 bits per heavy atom. The molecule has 0 spiro atoms. The molecule has 0 aromatic heterocycles. The maximum Gasteiger partial charge on any atom is 0.127 e. The van der Waals surface area contributed by atoms with Crippen molar-refractivity contribution in [3.05, 3.63) is 70.0 Å². The average Bonchev–Trinajstić information content (AvgIpc) is 2.43. The molecule has 21 heavy (non-hydrogen) atoms. The third-order valence-electron chi connectivity index (χ3n) is 3.57. The lowest BCUT2D eigenvalue weighted by atomic mass is 9.97. The van der Waals surface area contributed by atoms with Crippen LogP contribution in [0.25, 0.3) is 0 Å². The molecule has 112 valence electrons. The van der Waals surface area contributed by atoms with E-state index in [-0.39, 0.29) is 11.9 Å². The van der Waals surface area contributed by atoms with Gasteiger partial charge >= 0.3 is 0 Å². The molecule has 0 fully saturated rings. The van der Waals surface area contributed by atoms with Gasteiger partial charge in [-0.25, -0.2) is 4.39 Å². The van der Waals surface area contributed by atoms with Crippen molar-refractivity contribution in [3.63, 3.8) is 0 Å². The molecule has 0 amide bonds. The molecule has 2 rings (SSSR count). The summed E-state index contributed by atoms with van der Waals surface area (Å²) in [7, 11) is 0. The van der Waals surface area contributed by atoms with Crippen LogP contribution in [-0.2, 0) is 12.8 Å². The summed E-state index contributed by atoms with van der Waals surface area (Å²) < 4.78 is 13.9. The van der Waals surface area contributed by atoms with E-state index in [2.05, 4.69) is 43.4 Å². The SMILES string of the molecule is CCNC(Cc1cccc(C)c1)Cc1c(F)cccc1Cl. The molecule has 0 radical (unpaired) electrons. The topological polar surface area (TPSA) is 12.0 Å². The van der Waals surface area contributed by atoms with Crippen LogP contribution in [0, 0.1) is 12.7 Å². The number of benzene rings is 2. The lowest BCUT2D eigenvalue weighted by Gasteiger charge is -2.19. The van der Waals surface area contributed by atoms with Gasteiger partial charge in [-0.1, -0.05) is 54.4 Å². The van der Waals surface area contributed by atoms with Gasteiger partial charge in [0.1, 0.15) is 5.82 Å². The molecule has 1 N–H and O–H groups in total. The third kappa shape index (κ3) is 4.55. The smallest absolute Gasteiger partial charge is 0.127 e. The van der Waals surface area contributed by atoms with Crippen molar-refractivity contribution >= 4 is 11.6 Å². The molecule has 0 saturated carbocycles. The Hall–Kier alpha value is -1.38. The van der Waals surface area contributed by atoms with E-state index in [1.165, 1.54) is 17.2 Å². The number of halogens is 2. The quantitative estimate of drug-likeness (QED) is 0.825. The second-order valence-electron chi connectivity index (χ2n) is 5.35. The van der Waals surface area contributed by atoms with Crippen LogP contribution in [-0.4, -0.2) is 12.6 Å². The minimum atomic E-state index is -0.227. The van der Waals surface area contributed by atoms with Gasteiger partial charge in [-0.15, -0.1) is 0 Å². The highest BCUT2D eigenvalue weighted by atomic mass is 35.5. The van der Waals surface area contributed by atoms with Crippen molar-refractivity contribution in [1.82, 2.24) is 5.32 Å². The highest BCUT2D eigenvalue weighted by Crippen LogP contribution is 2.21. The van der Waals surface area contributed by atoms with E-state index in [4.69, 9.17) is 11.6 Å². The van der Waals surface area contributed by atoms with Crippen LogP contribution in [0.2, 0.25) is 5.02 Å². The second kappa shape index (κ2) is 7.58. The third-order valence-corrected chi connectivity index (χ3v) is 3.92. The van der Waals surface area contributed by atoms with E-state index in [1.54, 1.807) is 12.1 Å². The van der Waals surface area contributed by atoms with Crippen molar-refractivity contribution in [2.45, 2.75) is 32.7 Å². The van der Waals surface area contributed by atoms with E-state index in [0.717, 1.165) is 13.0 Å². The molecule has 2 aromatic carbocycles. The Morgan fingerprint density at radius 2 is 1.90 bits per heavy atom. The first kappa shape index (κ1) is 16.0. The molecule has 0 heterocycles. The van der Waals surface area contributed by atoms with Crippen LogP contribution in [0.15, 0.2) is 42.5 Å². The Morgan fingerprint density at radius 1 is 1.14 bits per heavy atom. The van der Waals surface area contributed by atoms with Crippen molar-refractivity contribution in [2.24, 2.45) is 0 Å². The summed E-state index contributed by atoms with van der Waals surface area (Å²) in [4.78, 5) is 0. The fourth-order valence-corrected chi connectivity index (χ4v) is 2.84. The highest BCUT2D eigenvalue weighted by Gasteiger charge is 2.15. The molecule has 1 unspecified atom stereocenters. The molecule has 3 heteroatoms. The average molecular weight is 306 g/mol. The van der Waals surface area contributed by atoms with Gasteiger partial charge in [0.2, 0.25) is 0 Å². The minimum Gasteiger partial charge on any atom is -0.314 e. The number of hydrogen-bond acceptors (Lipinski definition) is 1. The lowest BCUT2D eigenvalue weighted by molar-refractivity contribution is 0.506. The van der Waals surface area contributed by atoms with Crippen molar-refractivity contribution < 1.29 is 4.39 Å². The zero-order chi connectivity index (χ0) is 15.2. The molecular weight excluding hydrogens is 285 g/mol. The van der Waals surface area contributed by atoms with Gasteiger partial charge in [-0.05, 0) is 44.0 Å². The molecule has 0 aliphatic rings. The number of rotatable bonds is 6. The summed E-state index contributed by atoms with van der Waals surface area (Å²) in [6.07, 6.45) is 1.45. The van der Waals surface area contributed by atoms with E-state index in [9.17, 15) is 4.39 Å². The summed E-state index contributed by atoms with van der Waals surface area (Å²) in [5, 5.41) is 3.93. The van der Waals surface area contributed by atoms with E-state index in [0.29, 0.717) is 17.0 Å². The van der Waals surface area contributed by atoms with Crippen LogP contribution in [0.1, 0.15) is 23.6 Å². The number of nitrogens with one attached hydrogen (secondary N) is 1. The summed E-state index contributed by atoms with van der Waals surface area (Å²) >= 11 is 6.13. The summed E-state index contributed by atoms with van der Waals surface area (Å²) in [5.74, 6) is -0.227. The maximum atomic E-state index is 13.9. The largest absolute Gasteiger partial charge is 0.314 e. The predicted octanol–water partition coefficient (Wildman–Crippen LogP) is 4.55. The first-order chi connectivity index (χ1) is 10.1. The summed E-state index contributed by atoms with van der Waals surface area (Å²) in [6.45, 7) is 4.99. The van der Waals surface area contributed by atoms with E-state index < -0.39 is 0 Å². The zero-order valence-electron chi connectivity index (χ0n) is 12.5. The minimum absolute atomic E-state index is 0.172. The van der Waals surface area contributed by atoms with E-state index >= 15 is 0 Å². The van der Waals surface area contributed by atoms with Gasteiger partial charge < -0.3 is 5.32 Å². The van der Waals surface area contributed by atoms with Crippen molar-refractivity contribution in [3.8, 4) is 0 Å². The molecule has 1 atom stereocenters. The second-order valence-corrected chi connectivity index (χ2v) is 5.76. The number of hydrogen-bond donors (Lipinski definition) is 1. The number of aryl methyl sites for hydroxylation is 1. The fourth-order valence-electron chi connectivity index (χ4n) is 2.60. The van der Waals surface area contributed by atoms with Crippen LogP contribution >= 0.6 is 11.6 Å². The highest BCUT2D eigenvalue weighted by molar-refractivity contribution is 6.31. The van der Waals surface area contributed by atoms with Crippen molar-refractivity contribution in [2.75, 3.05) is 6.54 Å². The Bertz CT molecular complexity index is 577. The van der Waals surface area contributed by atoms with Crippen molar-refractivity contribution in [1.29, 1.82) is 0 Å². The van der Waals surface area contributed by atoms with Gasteiger partial charge in [0.25, 0.3) is 0 Å². The monoisotopic (exact) mass is 305 g/mol. The van der Waals surface area contributed by atoms with Gasteiger partial charge in [-0.2, -0.15) is 0 Å². The normalized spacial score (nSPS) is 12.4. The lowest BCUT2D eigenvalue weighted by Crippen LogP contribution is -2.33. The first-order valence-electron chi connectivity index (χ1n) is 7.32. The first-order valence-corrected chi connectivity index (χ1v) is 7.69. The molecular formula is C18H21ClFN. The van der Waals surface area contributed by atoms with Crippen LogP contribution in [0.5, 0.6) is 0 Å². The van der Waals surface area contributed by atoms with Gasteiger partial charge in [0, 0.05) is 16.6 Å². The van der Waals surface area contributed by atoms with Gasteiger partial charge in [0.15, 0.2) is 0 Å². The van der Waals surface area contributed by atoms with Crippen LogP contribution < -0.4 is 5.32 Å². The van der Waals surface area contributed by atoms with Crippen LogP contribution in [0.3, 0.4) is 0 Å². The fraction of sp³-hybridized carbons (Fsp3) is 0.333. The molecule has 0 saturated heterocycles.